The van der Waals surface area contributed by atoms with Gasteiger partial charge in [0.15, 0.2) is 0 Å². The number of amides is 3. The van der Waals surface area contributed by atoms with Crippen molar-refractivity contribution in [1.82, 2.24) is 15.5 Å². The van der Waals surface area contributed by atoms with E-state index in [2.05, 4.69) is 31.4 Å². The summed E-state index contributed by atoms with van der Waals surface area (Å²) in [7, 11) is 0. The number of piperidine rings is 1. The molecule has 1 unspecified atom stereocenters. The molecule has 2 rings (SSSR count). The summed E-state index contributed by atoms with van der Waals surface area (Å²) in [5.41, 5.74) is 0.490. The van der Waals surface area contributed by atoms with E-state index < -0.39 is 6.04 Å². The molecule has 0 aliphatic carbocycles. The van der Waals surface area contributed by atoms with Crippen LogP contribution < -0.4 is 10.6 Å². The maximum Gasteiger partial charge on any atom is 0.251 e. The smallest absolute Gasteiger partial charge is 0.251 e. The van der Waals surface area contributed by atoms with E-state index in [0.717, 1.165) is 0 Å². The first-order chi connectivity index (χ1) is 13.6. The van der Waals surface area contributed by atoms with Crippen LogP contribution in [0.25, 0.3) is 0 Å². The Labute approximate surface area is 174 Å². The van der Waals surface area contributed by atoms with Crippen molar-refractivity contribution in [3.63, 3.8) is 0 Å². The van der Waals surface area contributed by atoms with Gasteiger partial charge in [0.05, 0.1) is 0 Å². The van der Waals surface area contributed by atoms with Gasteiger partial charge in [-0.3, -0.25) is 14.4 Å². The lowest BCUT2D eigenvalue weighted by atomic mass is 9.87. The molecule has 6 heteroatoms. The number of nitrogens with zero attached hydrogens (tertiary/aromatic N) is 1. The minimum Gasteiger partial charge on any atom is -0.352 e. The predicted octanol–water partition coefficient (Wildman–Crippen LogP) is 2.98. The molecule has 0 radical (unpaired) electrons. The van der Waals surface area contributed by atoms with Crippen LogP contribution >= 0.6 is 0 Å². The van der Waals surface area contributed by atoms with Crippen molar-refractivity contribution in [2.75, 3.05) is 13.1 Å². The summed E-state index contributed by atoms with van der Waals surface area (Å²) in [4.78, 5) is 39.9. The molecular weight excluding hydrogens is 366 g/mol. The molecule has 6 nitrogen and oxygen atoms in total. The molecule has 0 saturated carbocycles. The Morgan fingerprint density at radius 1 is 1.03 bits per heavy atom. The minimum absolute atomic E-state index is 0.0000916. The lowest BCUT2D eigenvalue weighted by molar-refractivity contribution is -0.134. The molecule has 160 valence electrons. The average molecular weight is 402 g/mol. The second-order valence-corrected chi connectivity index (χ2v) is 9.44. The second-order valence-electron chi connectivity index (χ2n) is 9.44. The van der Waals surface area contributed by atoms with E-state index in [1.54, 1.807) is 24.3 Å². The van der Waals surface area contributed by atoms with Gasteiger partial charge >= 0.3 is 0 Å². The largest absolute Gasteiger partial charge is 0.352 e. The monoisotopic (exact) mass is 401 g/mol. The molecule has 1 aliphatic rings. The number of nitrogens with one attached hydrogen (secondary N) is 2. The van der Waals surface area contributed by atoms with Crippen molar-refractivity contribution in [2.45, 2.75) is 66.0 Å². The fourth-order valence-corrected chi connectivity index (χ4v) is 3.63. The molecule has 1 saturated heterocycles. The number of carbonyl (C=O) groups excluding carboxylic acids is 3. The van der Waals surface area contributed by atoms with E-state index in [0.29, 0.717) is 37.9 Å². The van der Waals surface area contributed by atoms with Gasteiger partial charge in [-0.05, 0) is 50.2 Å². The molecule has 2 N–H and O–H groups in total. The SMILES string of the molecule is CC(C)NC(=O)C(NC(=O)c1ccccc1)C1CCN(C(=O)CC(C)(C)C)CC1. The quantitative estimate of drug-likeness (QED) is 0.769. The number of hydrogen-bond acceptors (Lipinski definition) is 3. The van der Waals surface area contributed by atoms with Gasteiger partial charge in [-0.25, -0.2) is 0 Å². The molecule has 1 fully saturated rings. The highest BCUT2D eigenvalue weighted by Crippen LogP contribution is 2.25. The Morgan fingerprint density at radius 3 is 2.14 bits per heavy atom. The van der Waals surface area contributed by atoms with Gasteiger partial charge in [-0.15, -0.1) is 0 Å². The van der Waals surface area contributed by atoms with Gasteiger partial charge < -0.3 is 15.5 Å². The summed E-state index contributed by atoms with van der Waals surface area (Å²) >= 11 is 0. The van der Waals surface area contributed by atoms with E-state index in [1.165, 1.54) is 0 Å². The molecular formula is C23H35N3O3. The molecule has 3 amide bonds. The summed E-state index contributed by atoms with van der Waals surface area (Å²) in [6, 6.07) is 8.32. The van der Waals surface area contributed by atoms with Crippen molar-refractivity contribution in [1.29, 1.82) is 0 Å². The highest BCUT2D eigenvalue weighted by Gasteiger charge is 2.34. The topological polar surface area (TPSA) is 78.5 Å². The van der Waals surface area contributed by atoms with Gasteiger partial charge in [-0.1, -0.05) is 39.0 Å². The Kier molecular flexibility index (Phi) is 7.82. The van der Waals surface area contributed by atoms with Crippen LogP contribution in [0.5, 0.6) is 0 Å². The summed E-state index contributed by atoms with van der Waals surface area (Å²) in [5, 5.41) is 5.86. The first-order valence-electron chi connectivity index (χ1n) is 10.5. The van der Waals surface area contributed by atoms with E-state index in [1.807, 2.05) is 24.8 Å². The van der Waals surface area contributed by atoms with Gasteiger partial charge in [0, 0.05) is 31.1 Å². The third-order valence-corrected chi connectivity index (χ3v) is 5.08. The fraction of sp³-hybridized carbons (Fsp3) is 0.609. The van der Waals surface area contributed by atoms with Crippen LogP contribution in [0, 0.1) is 11.3 Å². The van der Waals surface area contributed by atoms with Crippen LogP contribution in [0.3, 0.4) is 0 Å². The number of benzene rings is 1. The fourth-order valence-electron chi connectivity index (χ4n) is 3.63. The Morgan fingerprint density at radius 2 is 1.62 bits per heavy atom. The van der Waals surface area contributed by atoms with Crippen LogP contribution in [0.2, 0.25) is 0 Å². The Balaban J connectivity index is 2.05. The summed E-state index contributed by atoms with van der Waals surface area (Å²) in [5.74, 6) is -0.253. The van der Waals surface area contributed by atoms with Gasteiger partial charge in [-0.2, -0.15) is 0 Å². The Bertz CT molecular complexity index is 702. The molecule has 1 aliphatic heterocycles. The van der Waals surface area contributed by atoms with Crippen molar-refractivity contribution in [3.8, 4) is 0 Å². The highest BCUT2D eigenvalue weighted by molar-refractivity contribution is 5.97. The molecule has 1 atom stereocenters. The third-order valence-electron chi connectivity index (χ3n) is 5.08. The van der Waals surface area contributed by atoms with E-state index >= 15 is 0 Å². The van der Waals surface area contributed by atoms with Crippen molar-refractivity contribution in [3.05, 3.63) is 35.9 Å². The summed E-state index contributed by atoms with van der Waals surface area (Å²) < 4.78 is 0. The third kappa shape index (κ3) is 7.18. The van der Waals surface area contributed by atoms with E-state index in [4.69, 9.17) is 0 Å². The van der Waals surface area contributed by atoms with Crippen molar-refractivity contribution < 1.29 is 14.4 Å². The van der Waals surface area contributed by atoms with Gasteiger partial charge in [0.2, 0.25) is 11.8 Å². The molecule has 0 bridgehead atoms. The van der Waals surface area contributed by atoms with Crippen LogP contribution in [0.15, 0.2) is 30.3 Å². The summed E-state index contributed by atoms with van der Waals surface area (Å²) in [6.07, 6.45) is 1.90. The van der Waals surface area contributed by atoms with Crippen molar-refractivity contribution >= 4 is 17.7 Å². The second kappa shape index (κ2) is 9.90. The maximum absolute atomic E-state index is 12.8. The zero-order chi connectivity index (χ0) is 21.6. The van der Waals surface area contributed by atoms with E-state index in [-0.39, 0.29) is 35.1 Å². The molecule has 0 aromatic heterocycles. The van der Waals surface area contributed by atoms with Crippen LogP contribution in [0.1, 0.15) is 64.2 Å². The first kappa shape index (κ1) is 22.9. The number of likely N-dealkylation sites (tertiary alicyclic amines) is 1. The number of rotatable bonds is 6. The minimum atomic E-state index is -0.607. The zero-order valence-corrected chi connectivity index (χ0v) is 18.3. The maximum atomic E-state index is 12.8. The molecule has 1 aromatic rings. The standard InChI is InChI=1S/C23H35N3O3/c1-16(2)24-22(29)20(25-21(28)18-9-7-6-8-10-18)17-11-13-26(14-12-17)19(27)15-23(3,4)5/h6-10,16-17,20H,11-15H2,1-5H3,(H,24,29)(H,25,28). The summed E-state index contributed by atoms with van der Waals surface area (Å²) in [6.45, 7) is 11.2. The Hall–Kier alpha value is -2.37. The normalized spacial score (nSPS) is 16.4. The predicted molar refractivity (Wildman–Crippen MR) is 114 cm³/mol. The van der Waals surface area contributed by atoms with Gasteiger partial charge in [0.25, 0.3) is 5.91 Å². The number of hydrogen-bond donors (Lipinski definition) is 2. The van der Waals surface area contributed by atoms with E-state index in [9.17, 15) is 14.4 Å². The van der Waals surface area contributed by atoms with Crippen LogP contribution in [0.4, 0.5) is 0 Å². The number of carbonyl (C=O) groups is 3. The molecule has 1 aromatic carbocycles. The zero-order valence-electron chi connectivity index (χ0n) is 18.3. The van der Waals surface area contributed by atoms with Crippen LogP contribution in [-0.2, 0) is 9.59 Å². The average Bonchev–Trinajstić information content (AvgIpc) is 2.64. The first-order valence-corrected chi connectivity index (χ1v) is 10.5. The molecule has 29 heavy (non-hydrogen) atoms. The van der Waals surface area contributed by atoms with Crippen molar-refractivity contribution in [2.24, 2.45) is 11.3 Å². The lowest BCUT2D eigenvalue weighted by Crippen LogP contribution is -2.54. The highest BCUT2D eigenvalue weighted by atomic mass is 16.2. The van der Waals surface area contributed by atoms with Gasteiger partial charge in [0.1, 0.15) is 6.04 Å². The lowest BCUT2D eigenvalue weighted by Gasteiger charge is -2.37. The molecule has 0 spiro atoms. The van der Waals surface area contributed by atoms with Crippen LogP contribution in [-0.4, -0.2) is 47.8 Å². The molecule has 1 heterocycles.